The lowest BCUT2D eigenvalue weighted by atomic mass is 10.1. The van der Waals surface area contributed by atoms with Gasteiger partial charge < -0.3 is 19.9 Å². The van der Waals surface area contributed by atoms with Gasteiger partial charge in [-0.2, -0.15) is 0 Å². The minimum Gasteiger partial charge on any atom is -0.376 e. The Morgan fingerprint density at radius 1 is 1.19 bits per heavy atom. The zero-order valence-corrected chi connectivity index (χ0v) is 19.1. The maximum absolute atomic E-state index is 12.9. The number of nitrogens with zero attached hydrogens (tertiary/aromatic N) is 1. The van der Waals surface area contributed by atoms with Crippen LogP contribution < -0.4 is 10.9 Å². The molecule has 1 fully saturated rings. The molecule has 2 N–H and O–H groups in total. The van der Waals surface area contributed by atoms with Crippen molar-refractivity contribution >= 4 is 33.9 Å². The number of hydrogen-bond acceptors (Lipinski definition) is 3. The third-order valence-electron chi connectivity index (χ3n) is 5.90. The molecule has 1 atom stereocenters. The van der Waals surface area contributed by atoms with Crippen LogP contribution in [0.2, 0.25) is 0 Å². The SMILES string of the molecule is Cc1ccc(C)c(NC(=S)N(Cc2cc3cccc(C)c3[nH]c2=O)C[C@H]2CCCO2)c1. The number of fused-ring (bicyclic) bond motifs is 1. The standard InChI is InChI=1S/C25H29N3O2S/c1-16-9-10-17(2)22(12-16)26-25(31)28(15-21-8-5-11-30-21)14-20-13-19-7-4-6-18(3)23(19)27-24(20)29/h4,6-7,9-10,12-13,21H,5,8,11,14-15H2,1-3H3,(H,26,31)(H,27,29)/t21-/m1/s1. The van der Waals surface area contributed by atoms with Gasteiger partial charge in [-0.3, -0.25) is 4.79 Å². The third kappa shape index (κ3) is 4.97. The predicted octanol–water partition coefficient (Wildman–Crippen LogP) is 4.83. The predicted molar refractivity (Wildman–Crippen MR) is 131 cm³/mol. The van der Waals surface area contributed by atoms with Gasteiger partial charge in [-0.05, 0) is 80.0 Å². The molecule has 1 saturated heterocycles. The van der Waals surface area contributed by atoms with E-state index in [1.165, 1.54) is 5.56 Å². The minimum atomic E-state index is -0.0753. The minimum absolute atomic E-state index is 0.0753. The van der Waals surface area contributed by atoms with E-state index in [1.54, 1.807) is 0 Å². The van der Waals surface area contributed by atoms with E-state index < -0.39 is 0 Å². The van der Waals surface area contributed by atoms with E-state index in [-0.39, 0.29) is 11.7 Å². The summed E-state index contributed by atoms with van der Waals surface area (Å²) in [7, 11) is 0. The molecular weight excluding hydrogens is 406 g/mol. The largest absolute Gasteiger partial charge is 0.376 e. The number of thiocarbonyl (C=S) groups is 1. The van der Waals surface area contributed by atoms with Crippen LogP contribution in [-0.2, 0) is 11.3 Å². The zero-order chi connectivity index (χ0) is 22.0. The average molecular weight is 436 g/mol. The number of nitrogens with one attached hydrogen (secondary N) is 2. The van der Waals surface area contributed by atoms with Crippen LogP contribution in [0.4, 0.5) is 5.69 Å². The molecule has 6 heteroatoms. The van der Waals surface area contributed by atoms with Gasteiger partial charge in [0.05, 0.1) is 18.2 Å². The fourth-order valence-corrected chi connectivity index (χ4v) is 4.32. The van der Waals surface area contributed by atoms with E-state index in [4.69, 9.17) is 17.0 Å². The number of ether oxygens (including phenoxy) is 1. The van der Waals surface area contributed by atoms with Crippen molar-refractivity contribution in [3.05, 3.63) is 75.1 Å². The number of H-pyrrole nitrogens is 1. The first-order valence-corrected chi connectivity index (χ1v) is 11.2. The Balaban J connectivity index is 1.62. The molecule has 0 saturated carbocycles. The first-order chi connectivity index (χ1) is 14.9. The van der Waals surface area contributed by atoms with Crippen LogP contribution in [0.1, 0.15) is 35.1 Å². The molecule has 0 unspecified atom stereocenters. The number of hydrogen-bond donors (Lipinski definition) is 2. The summed E-state index contributed by atoms with van der Waals surface area (Å²) in [4.78, 5) is 18.0. The summed E-state index contributed by atoms with van der Waals surface area (Å²) in [6.45, 7) is 7.99. The van der Waals surface area contributed by atoms with Crippen molar-refractivity contribution in [1.82, 2.24) is 9.88 Å². The molecule has 2 heterocycles. The van der Waals surface area contributed by atoms with Crippen molar-refractivity contribution < 1.29 is 4.74 Å². The lowest BCUT2D eigenvalue weighted by Crippen LogP contribution is -2.40. The number of pyridine rings is 1. The number of para-hydroxylation sites is 1. The summed E-state index contributed by atoms with van der Waals surface area (Å²) < 4.78 is 5.87. The Bertz CT molecular complexity index is 1170. The van der Waals surface area contributed by atoms with Crippen molar-refractivity contribution in [2.24, 2.45) is 0 Å². The fourth-order valence-electron chi connectivity index (χ4n) is 4.07. The first kappa shape index (κ1) is 21.5. The Labute approximate surface area is 188 Å². The second-order valence-corrected chi connectivity index (χ2v) is 8.81. The van der Waals surface area contributed by atoms with Crippen molar-refractivity contribution in [2.45, 2.75) is 46.3 Å². The lowest BCUT2D eigenvalue weighted by molar-refractivity contribution is 0.0904. The Morgan fingerprint density at radius 2 is 2.03 bits per heavy atom. The molecule has 3 aromatic rings. The number of aromatic amines is 1. The van der Waals surface area contributed by atoms with Gasteiger partial charge in [0.15, 0.2) is 5.11 Å². The quantitative estimate of drug-likeness (QED) is 0.562. The van der Waals surface area contributed by atoms with Crippen LogP contribution in [0.25, 0.3) is 10.9 Å². The van der Waals surface area contributed by atoms with Gasteiger partial charge in [0, 0.05) is 24.4 Å². The van der Waals surface area contributed by atoms with Crippen LogP contribution in [0.5, 0.6) is 0 Å². The van der Waals surface area contributed by atoms with Crippen LogP contribution in [0.3, 0.4) is 0 Å². The van der Waals surface area contributed by atoms with Crippen molar-refractivity contribution in [3.8, 4) is 0 Å². The number of rotatable bonds is 5. The second kappa shape index (κ2) is 9.20. The summed E-state index contributed by atoms with van der Waals surface area (Å²) >= 11 is 5.80. The number of benzene rings is 2. The molecule has 0 spiro atoms. The highest BCUT2D eigenvalue weighted by atomic mass is 32.1. The smallest absolute Gasteiger partial charge is 0.253 e. The maximum Gasteiger partial charge on any atom is 0.253 e. The molecule has 2 aromatic carbocycles. The highest BCUT2D eigenvalue weighted by Crippen LogP contribution is 2.21. The van der Waals surface area contributed by atoms with Gasteiger partial charge in [-0.25, -0.2) is 0 Å². The van der Waals surface area contributed by atoms with E-state index in [1.807, 2.05) is 31.2 Å². The summed E-state index contributed by atoms with van der Waals surface area (Å²) in [5.41, 5.74) is 5.86. The number of aromatic nitrogens is 1. The third-order valence-corrected chi connectivity index (χ3v) is 6.26. The van der Waals surface area contributed by atoms with E-state index >= 15 is 0 Å². The van der Waals surface area contributed by atoms with Crippen molar-refractivity contribution in [3.63, 3.8) is 0 Å². The maximum atomic E-state index is 12.9. The first-order valence-electron chi connectivity index (χ1n) is 10.8. The lowest BCUT2D eigenvalue weighted by Gasteiger charge is -2.28. The number of aryl methyl sites for hydroxylation is 3. The molecule has 0 radical (unpaired) electrons. The second-order valence-electron chi connectivity index (χ2n) is 8.43. The number of anilines is 1. The van der Waals surface area contributed by atoms with Gasteiger partial charge >= 0.3 is 0 Å². The van der Waals surface area contributed by atoms with Gasteiger partial charge in [0.1, 0.15) is 0 Å². The fraction of sp³-hybridized carbons (Fsp3) is 0.360. The summed E-state index contributed by atoms with van der Waals surface area (Å²) in [5, 5.41) is 5.03. The Kier molecular flexibility index (Phi) is 6.39. The molecule has 5 nitrogen and oxygen atoms in total. The topological polar surface area (TPSA) is 57.4 Å². The van der Waals surface area contributed by atoms with Crippen LogP contribution in [-0.4, -0.2) is 34.3 Å². The molecule has 4 rings (SSSR count). The van der Waals surface area contributed by atoms with E-state index in [2.05, 4.69) is 47.2 Å². The molecule has 0 aliphatic carbocycles. The molecule has 1 aliphatic heterocycles. The highest BCUT2D eigenvalue weighted by Gasteiger charge is 2.22. The van der Waals surface area contributed by atoms with Gasteiger partial charge in [0.25, 0.3) is 5.56 Å². The van der Waals surface area contributed by atoms with Gasteiger partial charge in [0.2, 0.25) is 0 Å². The molecule has 1 aliphatic rings. The highest BCUT2D eigenvalue weighted by molar-refractivity contribution is 7.80. The average Bonchev–Trinajstić information content (AvgIpc) is 3.24. The van der Waals surface area contributed by atoms with Gasteiger partial charge in [-0.1, -0.05) is 30.3 Å². The molecular formula is C25H29N3O2S. The molecule has 0 amide bonds. The summed E-state index contributed by atoms with van der Waals surface area (Å²) in [5.74, 6) is 0. The van der Waals surface area contributed by atoms with Crippen LogP contribution in [0, 0.1) is 20.8 Å². The zero-order valence-electron chi connectivity index (χ0n) is 18.3. The molecule has 31 heavy (non-hydrogen) atoms. The van der Waals surface area contributed by atoms with Crippen LogP contribution in [0.15, 0.2) is 47.3 Å². The van der Waals surface area contributed by atoms with Gasteiger partial charge in [-0.15, -0.1) is 0 Å². The van der Waals surface area contributed by atoms with E-state index in [0.717, 1.165) is 47.2 Å². The van der Waals surface area contributed by atoms with Crippen molar-refractivity contribution in [2.75, 3.05) is 18.5 Å². The Morgan fingerprint density at radius 3 is 2.81 bits per heavy atom. The summed E-state index contributed by atoms with van der Waals surface area (Å²) in [6.07, 6.45) is 2.20. The normalized spacial score (nSPS) is 15.9. The van der Waals surface area contributed by atoms with Crippen LogP contribution >= 0.6 is 12.2 Å². The van der Waals surface area contributed by atoms with E-state index in [0.29, 0.717) is 23.8 Å². The Hall–Kier alpha value is -2.70. The van der Waals surface area contributed by atoms with E-state index in [9.17, 15) is 4.79 Å². The van der Waals surface area contributed by atoms with Crippen molar-refractivity contribution in [1.29, 1.82) is 0 Å². The molecule has 162 valence electrons. The monoisotopic (exact) mass is 435 g/mol. The molecule has 1 aromatic heterocycles. The molecule has 0 bridgehead atoms. The summed E-state index contributed by atoms with van der Waals surface area (Å²) in [6, 6.07) is 14.3.